The zero-order valence-corrected chi connectivity index (χ0v) is 13.1. The Kier molecular flexibility index (Phi) is 6.23. The highest BCUT2D eigenvalue weighted by Gasteiger charge is 2.17. The van der Waals surface area contributed by atoms with Crippen molar-refractivity contribution < 1.29 is 8.42 Å². The molecule has 108 valence electrons. The summed E-state index contributed by atoms with van der Waals surface area (Å²) in [5, 5.41) is 0.281. The van der Waals surface area contributed by atoms with Gasteiger partial charge in [-0.05, 0) is 31.4 Å². The molecule has 1 atom stereocenters. The predicted octanol–water partition coefficient (Wildman–Crippen LogP) is 3.23. The third kappa shape index (κ3) is 5.89. The van der Waals surface area contributed by atoms with Crippen LogP contribution in [-0.4, -0.2) is 19.4 Å². The molecular weight excluding hydrogens is 284 g/mol. The van der Waals surface area contributed by atoms with Crippen LogP contribution in [0.1, 0.15) is 40.0 Å². The third-order valence-corrected chi connectivity index (χ3v) is 4.58. The van der Waals surface area contributed by atoms with Crippen LogP contribution in [-0.2, 0) is 10.0 Å². The maximum absolute atomic E-state index is 12.1. The quantitative estimate of drug-likeness (QED) is 0.787. The largest absolute Gasteiger partial charge is 0.243 e. The van der Waals surface area contributed by atoms with E-state index in [1.807, 2.05) is 6.92 Å². The van der Waals surface area contributed by atoms with E-state index < -0.39 is 10.0 Å². The Labute approximate surface area is 120 Å². The predicted molar refractivity (Wildman–Crippen MR) is 77.7 cm³/mol. The molecule has 0 radical (unpaired) electrons. The molecule has 0 amide bonds. The first-order valence-corrected chi connectivity index (χ1v) is 8.31. The first kappa shape index (κ1) is 16.4. The van der Waals surface area contributed by atoms with Gasteiger partial charge in [-0.1, -0.05) is 38.3 Å². The maximum atomic E-state index is 12.1. The van der Waals surface area contributed by atoms with Gasteiger partial charge in [0.1, 0.15) is 10.0 Å². The van der Waals surface area contributed by atoms with Crippen LogP contribution < -0.4 is 4.72 Å². The topological polar surface area (TPSA) is 59.1 Å². The summed E-state index contributed by atoms with van der Waals surface area (Å²) in [6.45, 7) is 6.20. The number of hydrogen-bond donors (Lipinski definition) is 1. The minimum absolute atomic E-state index is 0.0839. The van der Waals surface area contributed by atoms with Gasteiger partial charge >= 0.3 is 0 Å². The zero-order valence-electron chi connectivity index (χ0n) is 11.6. The van der Waals surface area contributed by atoms with E-state index in [4.69, 9.17) is 11.6 Å². The number of halogens is 1. The molecule has 0 aromatic carbocycles. The normalized spacial score (nSPS) is 13.7. The van der Waals surface area contributed by atoms with E-state index in [2.05, 4.69) is 23.6 Å². The lowest BCUT2D eigenvalue weighted by Gasteiger charge is -2.14. The highest BCUT2D eigenvalue weighted by Crippen LogP contribution is 2.13. The van der Waals surface area contributed by atoms with Crippen molar-refractivity contribution in [3.8, 4) is 0 Å². The van der Waals surface area contributed by atoms with Gasteiger partial charge in [-0.2, -0.15) is 0 Å². The molecule has 0 bridgehead atoms. The van der Waals surface area contributed by atoms with Crippen molar-refractivity contribution in [2.45, 2.75) is 51.0 Å². The first-order chi connectivity index (χ1) is 8.81. The second kappa shape index (κ2) is 7.22. The Morgan fingerprint density at radius 1 is 1.26 bits per heavy atom. The van der Waals surface area contributed by atoms with Gasteiger partial charge in [0, 0.05) is 12.2 Å². The molecule has 19 heavy (non-hydrogen) atoms. The van der Waals surface area contributed by atoms with Gasteiger partial charge in [-0.25, -0.2) is 18.1 Å². The van der Waals surface area contributed by atoms with Crippen LogP contribution in [0.5, 0.6) is 0 Å². The fourth-order valence-corrected chi connectivity index (χ4v) is 3.08. The smallest absolute Gasteiger partial charge is 0.242 e. The first-order valence-electron chi connectivity index (χ1n) is 6.45. The lowest BCUT2D eigenvalue weighted by molar-refractivity contribution is 0.488. The standard InChI is InChI=1S/C13H21ClN2O2S/c1-10(2)5-4-6-11(3)16-19(17,18)12-7-8-13(14)15-9-12/h7-11,16H,4-6H2,1-3H3. The number of nitrogens with one attached hydrogen (secondary N) is 1. The molecule has 0 aliphatic carbocycles. The van der Waals surface area contributed by atoms with Gasteiger partial charge < -0.3 is 0 Å². The van der Waals surface area contributed by atoms with Gasteiger partial charge in [-0.3, -0.25) is 0 Å². The van der Waals surface area contributed by atoms with E-state index in [9.17, 15) is 8.42 Å². The van der Waals surface area contributed by atoms with E-state index in [-0.39, 0.29) is 16.1 Å². The van der Waals surface area contributed by atoms with Crippen molar-refractivity contribution in [3.63, 3.8) is 0 Å². The highest BCUT2D eigenvalue weighted by atomic mass is 35.5. The average molecular weight is 305 g/mol. The summed E-state index contributed by atoms with van der Waals surface area (Å²) < 4.78 is 26.8. The molecule has 0 spiro atoms. The van der Waals surface area contributed by atoms with Crippen molar-refractivity contribution in [2.24, 2.45) is 5.92 Å². The van der Waals surface area contributed by atoms with Crippen LogP contribution in [0.3, 0.4) is 0 Å². The number of hydrogen-bond acceptors (Lipinski definition) is 3. The Morgan fingerprint density at radius 3 is 2.47 bits per heavy atom. The lowest BCUT2D eigenvalue weighted by Crippen LogP contribution is -2.32. The molecule has 1 rings (SSSR count). The molecule has 0 aliphatic heterocycles. The molecule has 1 N–H and O–H groups in total. The summed E-state index contributed by atoms with van der Waals surface area (Å²) in [4.78, 5) is 3.93. The van der Waals surface area contributed by atoms with Crippen LogP contribution >= 0.6 is 11.6 Å². The van der Waals surface area contributed by atoms with E-state index in [1.54, 1.807) is 0 Å². The van der Waals surface area contributed by atoms with Gasteiger partial charge in [0.2, 0.25) is 10.0 Å². The van der Waals surface area contributed by atoms with Gasteiger partial charge in [0.25, 0.3) is 0 Å². The average Bonchev–Trinajstić information content (AvgIpc) is 2.28. The molecule has 6 heteroatoms. The summed E-state index contributed by atoms with van der Waals surface area (Å²) in [6.07, 6.45) is 4.22. The van der Waals surface area contributed by atoms with Crippen LogP contribution in [0, 0.1) is 5.92 Å². The number of nitrogens with zero attached hydrogens (tertiary/aromatic N) is 1. The summed E-state index contributed by atoms with van der Waals surface area (Å²) in [6, 6.07) is 2.84. The molecule has 0 aliphatic rings. The molecule has 0 fully saturated rings. The van der Waals surface area contributed by atoms with Crippen LogP contribution in [0.15, 0.2) is 23.2 Å². The molecule has 1 unspecified atom stereocenters. The molecule has 0 saturated carbocycles. The van der Waals surface area contributed by atoms with Crippen LogP contribution in [0.2, 0.25) is 5.15 Å². The van der Waals surface area contributed by atoms with Crippen molar-refractivity contribution in [1.82, 2.24) is 9.71 Å². The molecule has 1 aromatic rings. The van der Waals surface area contributed by atoms with Crippen LogP contribution in [0.25, 0.3) is 0 Å². The third-order valence-electron chi connectivity index (χ3n) is 2.79. The monoisotopic (exact) mass is 304 g/mol. The van der Waals surface area contributed by atoms with Crippen molar-refractivity contribution in [2.75, 3.05) is 0 Å². The van der Waals surface area contributed by atoms with Gasteiger partial charge in [-0.15, -0.1) is 0 Å². The van der Waals surface area contributed by atoms with Crippen molar-refractivity contribution in [1.29, 1.82) is 0 Å². The summed E-state index contributed by atoms with van der Waals surface area (Å²) >= 11 is 5.64. The Morgan fingerprint density at radius 2 is 1.95 bits per heavy atom. The van der Waals surface area contributed by atoms with E-state index in [0.29, 0.717) is 5.92 Å². The number of sulfonamides is 1. The van der Waals surface area contributed by atoms with Crippen LogP contribution in [0.4, 0.5) is 0 Å². The SMILES string of the molecule is CC(C)CCCC(C)NS(=O)(=O)c1ccc(Cl)nc1. The Bertz CT molecular complexity index is 486. The lowest BCUT2D eigenvalue weighted by atomic mass is 10.0. The fraction of sp³-hybridized carbons (Fsp3) is 0.615. The van der Waals surface area contributed by atoms with Crippen molar-refractivity contribution >= 4 is 21.6 Å². The molecule has 0 saturated heterocycles. The zero-order chi connectivity index (χ0) is 14.5. The molecule has 1 heterocycles. The summed E-state index contributed by atoms with van der Waals surface area (Å²) in [5.74, 6) is 0.643. The fourth-order valence-electron chi connectivity index (χ4n) is 1.75. The van der Waals surface area contributed by atoms with Crippen molar-refractivity contribution in [3.05, 3.63) is 23.5 Å². The second-order valence-corrected chi connectivity index (χ2v) is 7.26. The number of pyridine rings is 1. The molecule has 4 nitrogen and oxygen atoms in total. The molecular formula is C13H21ClN2O2S. The number of rotatable bonds is 7. The minimum atomic E-state index is -3.50. The Balaban J connectivity index is 2.57. The van der Waals surface area contributed by atoms with Gasteiger partial charge in [0.05, 0.1) is 0 Å². The maximum Gasteiger partial charge on any atom is 0.242 e. The van der Waals surface area contributed by atoms with E-state index in [1.165, 1.54) is 18.3 Å². The van der Waals surface area contributed by atoms with E-state index >= 15 is 0 Å². The molecule has 1 aromatic heterocycles. The number of aromatic nitrogens is 1. The second-order valence-electron chi connectivity index (χ2n) is 5.16. The minimum Gasteiger partial charge on any atom is -0.243 e. The van der Waals surface area contributed by atoms with E-state index in [0.717, 1.165) is 19.3 Å². The highest BCUT2D eigenvalue weighted by molar-refractivity contribution is 7.89. The Hall–Kier alpha value is -0.650. The summed E-state index contributed by atoms with van der Waals surface area (Å²) in [7, 11) is -3.50. The van der Waals surface area contributed by atoms with Gasteiger partial charge in [0.15, 0.2) is 0 Å². The summed E-state index contributed by atoms with van der Waals surface area (Å²) in [5.41, 5.74) is 0.